The van der Waals surface area contributed by atoms with Crippen LogP contribution in [-0.4, -0.2) is 29.5 Å². The van der Waals surface area contributed by atoms with Crippen molar-refractivity contribution in [1.82, 2.24) is 9.88 Å². The fourth-order valence-corrected chi connectivity index (χ4v) is 2.99. The predicted octanol–water partition coefficient (Wildman–Crippen LogP) is 2.71. The van der Waals surface area contributed by atoms with Gasteiger partial charge in [0.05, 0.1) is 5.52 Å². The first kappa shape index (κ1) is 13.5. The number of likely N-dealkylation sites (N-methyl/N-ethyl adjacent to an activating group) is 1. The minimum absolute atomic E-state index is 0.529. The third-order valence-corrected chi connectivity index (χ3v) is 4.30. The van der Waals surface area contributed by atoms with Gasteiger partial charge in [-0.1, -0.05) is 12.1 Å². The zero-order chi connectivity index (χ0) is 14.1. The van der Waals surface area contributed by atoms with E-state index in [1.807, 2.05) is 6.92 Å². The second kappa shape index (κ2) is 5.51. The maximum atomic E-state index is 5.92. The third-order valence-electron chi connectivity index (χ3n) is 4.30. The molecule has 0 aliphatic heterocycles. The summed E-state index contributed by atoms with van der Waals surface area (Å²) in [6.45, 7) is 3.75. The van der Waals surface area contributed by atoms with Gasteiger partial charge in [-0.15, -0.1) is 0 Å². The number of benzene rings is 1. The molecule has 1 aromatic heterocycles. The molecule has 3 nitrogen and oxygen atoms in total. The summed E-state index contributed by atoms with van der Waals surface area (Å²) in [5.74, 6) is 0.815. The SMILES string of the molecule is Cc1ccc2cc(CN(C)C(CN)C3CC3)ccc2n1. The highest BCUT2D eigenvalue weighted by Crippen LogP contribution is 2.35. The Hall–Kier alpha value is -1.45. The van der Waals surface area contributed by atoms with Crippen LogP contribution < -0.4 is 5.73 Å². The third kappa shape index (κ3) is 2.84. The van der Waals surface area contributed by atoms with E-state index in [1.165, 1.54) is 23.8 Å². The van der Waals surface area contributed by atoms with Gasteiger partial charge in [0.2, 0.25) is 0 Å². The predicted molar refractivity (Wildman–Crippen MR) is 83.5 cm³/mol. The molecule has 1 saturated carbocycles. The molecule has 1 heterocycles. The Morgan fingerprint density at radius 1 is 1.30 bits per heavy atom. The lowest BCUT2D eigenvalue weighted by molar-refractivity contribution is 0.215. The zero-order valence-corrected chi connectivity index (χ0v) is 12.3. The molecule has 0 spiro atoms. The van der Waals surface area contributed by atoms with E-state index in [0.29, 0.717) is 6.04 Å². The van der Waals surface area contributed by atoms with Crippen molar-refractivity contribution < 1.29 is 0 Å². The number of nitrogens with two attached hydrogens (primary N) is 1. The maximum Gasteiger partial charge on any atom is 0.0705 e. The van der Waals surface area contributed by atoms with E-state index in [2.05, 4.69) is 47.3 Å². The van der Waals surface area contributed by atoms with Crippen LogP contribution in [0.4, 0.5) is 0 Å². The van der Waals surface area contributed by atoms with E-state index < -0.39 is 0 Å². The minimum Gasteiger partial charge on any atom is -0.329 e. The second-order valence-electron chi connectivity index (χ2n) is 6.04. The van der Waals surface area contributed by atoms with Crippen molar-refractivity contribution in [2.24, 2.45) is 11.7 Å². The van der Waals surface area contributed by atoms with Gasteiger partial charge in [-0.25, -0.2) is 0 Å². The Bertz CT molecular complexity index is 604. The van der Waals surface area contributed by atoms with Crippen LogP contribution in [0.2, 0.25) is 0 Å². The van der Waals surface area contributed by atoms with Crippen molar-refractivity contribution in [3.63, 3.8) is 0 Å². The highest BCUT2D eigenvalue weighted by Gasteiger charge is 2.32. The van der Waals surface area contributed by atoms with Crippen LogP contribution in [0.15, 0.2) is 30.3 Å². The van der Waals surface area contributed by atoms with Gasteiger partial charge in [0.1, 0.15) is 0 Å². The van der Waals surface area contributed by atoms with Crippen molar-refractivity contribution >= 4 is 10.9 Å². The molecule has 1 aliphatic carbocycles. The molecule has 20 heavy (non-hydrogen) atoms. The second-order valence-corrected chi connectivity index (χ2v) is 6.04. The number of rotatable bonds is 5. The van der Waals surface area contributed by atoms with E-state index in [1.54, 1.807) is 0 Å². The van der Waals surface area contributed by atoms with Crippen molar-refractivity contribution in [3.05, 3.63) is 41.6 Å². The Labute approximate surface area is 120 Å². The first-order chi connectivity index (χ1) is 9.67. The first-order valence-corrected chi connectivity index (χ1v) is 7.44. The fourth-order valence-electron chi connectivity index (χ4n) is 2.99. The molecule has 0 bridgehead atoms. The normalized spacial score (nSPS) is 16.8. The Kier molecular flexibility index (Phi) is 3.72. The van der Waals surface area contributed by atoms with Crippen LogP contribution in [0.3, 0.4) is 0 Å². The average molecular weight is 269 g/mol. The standard InChI is InChI=1S/C17H23N3/c1-12-3-5-15-9-13(4-8-16(15)19-12)11-20(2)17(10-18)14-6-7-14/h3-5,8-9,14,17H,6-7,10-11,18H2,1-2H3. The molecule has 0 radical (unpaired) electrons. The number of hydrogen-bond donors (Lipinski definition) is 1. The van der Waals surface area contributed by atoms with Gasteiger partial charge < -0.3 is 5.73 Å². The summed E-state index contributed by atoms with van der Waals surface area (Å²) in [7, 11) is 2.19. The zero-order valence-electron chi connectivity index (χ0n) is 12.3. The molecule has 0 amide bonds. The molecule has 0 saturated heterocycles. The van der Waals surface area contributed by atoms with Gasteiger partial charge in [-0.3, -0.25) is 9.88 Å². The molecule has 2 N–H and O–H groups in total. The molecule has 3 heteroatoms. The lowest BCUT2D eigenvalue weighted by Crippen LogP contribution is -2.39. The molecule has 1 aromatic carbocycles. The highest BCUT2D eigenvalue weighted by atomic mass is 15.1. The van der Waals surface area contributed by atoms with Crippen LogP contribution in [0.1, 0.15) is 24.1 Å². The number of pyridine rings is 1. The molecular weight excluding hydrogens is 246 g/mol. The van der Waals surface area contributed by atoms with Crippen molar-refractivity contribution in [3.8, 4) is 0 Å². The quantitative estimate of drug-likeness (QED) is 0.907. The van der Waals surface area contributed by atoms with Gasteiger partial charge in [-0.2, -0.15) is 0 Å². The molecule has 1 unspecified atom stereocenters. The Morgan fingerprint density at radius 3 is 2.80 bits per heavy atom. The van der Waals surface area contributed by atoms with Gasteiger partial charge in [0, 0.05) is 30.2 Å². The van der Waals surface area contributed by atoms with E-state index >= 15 is 0 Å². The first-order valence-electron chi connectivity index (χ1n) is 7.44. The highest BCUT2D eigenvalue weighted by molar-refractivity contribution is 5.79. The molecule has 1 aliphatic rings. The number of aromatic nitrogens is 1. The summed E-state index contributed by atoms with van der Waals surface area (Å²) >= 11 is 0. The van der Waals surface area contributed by atoms with Gasteiger partial charge in [0.25, 0.3) is 0 Å². The maximum absolute atomic E-state index is 5.92. The van der Waals surface area contributed by atoms with Crippen molar-refractivity contribution in [2.75, 3.05) is 13.6 Å². The van der Waals surface area contributed by atoms with E-state index in [9.17, 15) is 0 Å². The lowest BCUT2D eigenvalue weighted by atomic mass is 10.1. The molecule has 106 valence electrons. The molecule has 2 aromatic rings. The summed E-state index contributed by atoms with van der Waals surface area (Å²) in [6, 6.07) is 11.3. The fraction of sp³-hybridized carbons (Fsp3) is 0.471. The smallest absolute Gasteiger partial charge is 0.0705 e. The Morgan fingerprint density at radius 2 is 2.10 bits per heavy atom. The topological polar surface area (TPSA) is 42.1 Å². The van der Waals surface area contributed by atoms with Crippen LogP contribution >= 0.6 is 0 Å². The number of fused-ring (bicyclic) bond motifs is 1. The molecule has 1 fully saturated rings. The van der Waals surface area contributed by atoms with Gasteiger partial charge in [0.15, 0.2) is 0 Å². The Balaban J connectivity index is 1.78. The largest absolute Gasteiger partial charge is 0.329 e. The number of hydrogen-bond acceptors (Lipinski definition) is 3. The van der Waals surface area contributed by atoms with Crippen molar-refractivity contribution in [2.45, 2.75) is 32.4 Å². The van der Waals surface area contributed by atoms with Crippen LogP contribution in [0.25, 0.3) is 10.9 Å². The molecular formula is C17H23N3. The van der Waals surface area contributed by atoms with E-state index in [0.717, 1.165) is 30.2 Å². The summed E-state index contributed by atoms with van der Waals surface area (Å²) in [5.41, 5.74) is 9.41. The minimum atomic E-state index is 0.529. The van der Waals surface area contributed by atoms with Crippen LogP contribution in [0, 0.1) is 12.8 Å². The van der Waals surface area contributed by atoms with E-state index in [-0.39, 0.29) is 0 Å². The van der Waals surface area contributed by atoms with Gasteiger partial charge >= 0.3 is 0 Å². The molecule has 1 atom stereocenters. The summed E-state index contributed by atoms with van der Waals surface area (Å²) in [4.78, 5) is 6.96. The van der Waals surface area contributed by atoms with Crippen LogP contribution in [-0.2, 0) is 6.54 Å². The number of nitrogens with zero attached hydrogens (tertiary/aromatic N) is 2. The summed E-state index contributed by atoms with van der Waals surface area (Å²) < 4.78 is 0. The summed E-state index contributed by atoms with van der Waals surface area (Å²) in [6.07, 6.45) is 2.68. The molecule has 3 rings (SSSR count). The summed E-state index contributed by atoms with van der Waals surface area (Å²) in [5, 5.41) is 1.22. The van der Waals surface area contributed by atoms with E-state index in [4.69, 9.17) is 5.73 Å². The number of aryl methyl sites for hydroxylation is 1. The average Bonchev–Trinajstić information content (AvgIpc) is 3.24. The van der Waals surface area contributed by atoms with Crippen LogP contribution in [0.5, 0.6) is 0 Å². The van der Waals surface area contributed by atoms with Crippen molar-refractivity contribution in [1.29, 1.82) is 0 Å². The van der Waals surface area contributed by atoms with Gasteiger partial charge in [-0.05, 0) is 56.5 Å². The monoisotopic (exact) mass is 269 g/mol. The lowest BCUT2D eigenvalue weighted by Gasteiger charge is -2.27.